The molecule has 3 heterocycles. The van der Waals surface area contributed by atoms with Crippen LogP contribution in [0.15, 0.2) is 24.5 Å². The fourth-order valence-electron chi connectivity index (χ4n) is 3.07. The predicted octanol–water partition coefficient (Wildman–Crippen LogP) is 2.25. The lowest BCUT2D eigenvalue weighted by molar-refractivity contribution is 0.350. The van der Waals surface area contributed by atoms with Gasteiger partial charge in [-0.2, -0.15) is 5.10 Å². The van der Waals surface area contributed by atoms with E-state index in [1.54, 1.807) is 0 Å². The Morgan fingerprint density at radius 2 is 2.05 bits per heavy atom. The van der Waals surface area contributed by atoms with Crippen LogP contribution in [0.25, 0.3) is 0 Å². The first-order valence-electron chi connectivity index (χ1n) is 7.92. The summed E-state index contributed by atoms with van der Waals surface area (Å²) in [6, 6.07) is 4.28. The molecule has 0 spiro atoms. The zero-order chi connectivity index (χ0) is 14.2. The van der Waals surface area contributed by atoms with E-state index in [1.165, 1.54) is 24.4 Å². The van der Waals surface area contributed by atoms with Crippen molar-refractivity contribution in [2.45, 2.75) is 38.6 Å². The number of hydrogen-bond donors (Lipinski definition) is 0. The van der Waals surface area contributed by atoms with Crippen molar-refractivity contribution in [3.05, 3.63) is 36.0 Å². The monoisotopic (exact) mass is 283 g/mol. The maximum atomic E-state index is 4.38. The summed E-state index contributed by atoms with van der Waals surface area (Å²) in [6.45, 7) is 5.35. The summed E-state index contributed by atoms with van der Waals surface area (Å²) in [5.41, 5.74) is 1.17. The van der Waals surface area contributed by atoms with Gasteiger partial charge in [-0.3, -0.25) is 0 Å². The molecule has 1 saturated carbocycles. The van der Waals surface area contributed by atoms with Crippen LogP contribution in [0.1, 0.15) is 37.2 Å². The van der Waals surface area contributed by atoms with Gasteiger partial charge in [0.15, 0.2) is 5.82 Å². The minimum absolute atomic E-state index is 0.685. The van der Waals surface area contributed by atoms with Gasteiger partial charge in [-0.05, 0) is 25.0 Å². The van der Waals surface area contributed by atoms with E-state index in [0.29, 0.717) is 11.8 Å². The zero-order valence-corrected chi connectivity index (χ0v) is 12.4. The molecule has 1 aliphatic heterocycles. The van der Waals surface area contributed by atoms with E-state index >= 15 is 0 Å². The smallest absolute Gasteiger partial charge is 0.151 e. The molecule has 110 valence electrons. The molecule has 0 aromatic carbocycles. The van der Waals surface area contributed by atoms with E-state index in [2.05, 4.69) is 49.9 Å². The molecule has 0 atom stereocenters. The van der Waals surface area contributed by atoms with Crippen molar-refractivity contribution in [2.75, 3.05) is 18.0 Å². The highest BCUT2D eigenvalue weighted by Crippen LogP contribution is 2.39. The lowest BCUT2D eigenvalue weighted by atomic mass is 10.00. The number of imidazole rings is 1. The molecular weight excluding hydrogens is 262 g/mol. The summed E-state index contributed by atoms with van der Waals surface area (Å²) in [5, 5.41) is 8.75. The molecule has 1 saturated heterocycles. The van der Waals surface area contributed by atoms with Gasteiger partial charge in [0.1, 0.15) is 5.82 Å². The third-order valence-corrected chi connectivity index (χ3v) is 4.52. The van der Waals surface area contributed by atoms with Crippen LogP contribution in [-0.4, -0.2) is 32.8 Å². The molecule has 2 aromatic heterocycles. The number of aryl methyl sites for hydroxylation is 1. The van der Waals surface area contributed by atoms with Crippen LogP contribution in [0, 0.1) is 5.92 Å². The third kappa shape index (κ3) is 2.52. The summed E-state index contributed by atoms with van der Waals surface area (Å²) < 4.78 is 2.28. The topological polar surface area (TPSA) is 46.8 Å². The van der Waals surface area contributed by atoms with Crippen LogP contribution in [-0.2, 0) is 13.0 Å². The Morgan fingerprint density at radius 3 is 2.71 bits per heavy atom. The second-order valence-electron chi connectivity index (χ2n) is 6.21. The zero-order valence-electron chi connectivity index (χ0n) is 12.4. The molecule has 0 unspecified atom stereocenters. The van der Waals surface area contributed by atoms with Gasteiger partial charge >= 0.3 is 0 Å². The van der Waals surface area contributed by atoms with Crippen LogP contribution in [0.5, 0.6) is 0 Å². The molecule has 2 fully saturated rings. The van der Waals surface area contributed by atoms with Crippen molar-refractivity contribution in [1.29, 1.82) is 0 Å². The van der Waals surface area contributed by atoms with Gasteiger partial charge in [0.05, 0.1) is 5.69 Å². The SMILES string of the molecule is CCc1nccn1CC1CN(c2ccc(C3CC3)nn2)C1. The van der Waals surface area contributed by atoms with E-state index in [-0.39, 0.29) is 0 Å². The summed E-state index contributed by atoms with van der Waals surface area (Å²) in [5.74, 6) is 3.58. The number of nitrogens with zero attached hydrogens (tertiary/aromatic N) is 5. The fourth-order valence-corrected chi connectivity index (χ4v) is 3.07. The van der Waals surface area contributed by atoms with E-state index in [4.69, 9.17) is 0 Å². The van der Waals surface area contributed by atoms with Crippen molar-refractivity contribution in [1.82, 2.24) is 19.7 Å². The molecular formula is C16H21N5. The Bertz CT molecular complexity index is 608. The minimum atomic E-state index is 0.685. The second-order valence-corrected chi connectivity index (χ2v) is 6.21. The fraction of sp³-hybridized carbons (Fsp3) is 0.562. The third-order valence-electron chi connectivity index (χ3n) is 4.52. The number of hydrogen-bond acceptors (Lipinski definition) is 4. The molecule has 0 N–H and O–H groups in total. The van der Waals surface area contributed by atoms with Gasteiger partial charge in [0.25, 0.3) is 0 Å². The number of rotatable bonds is 5. The highest BCUT2D eigenvalue weighted by atomic mass is 15.3. The second kappa shape index (κ2) is 5.13. The van der Waals surface area contributed by atoms with Gasteiger partial charge in [-0.15, -0.1) is 5.10 Å². The molecule has 0 amide bonds. The van der Waals surface area contributed by atoms with E-state index in [9.17, 15) is 0 Å². The van der Waals surface area contributed by atoms with E-state index < -0.39 is 0 Å². The highest BCUT2D eigenvalue weighted by molar-refractivity contribution is 5.41. The Morgan fingerprint density at radius 1 is 1.19 bits per heavy atom. The Hall–Kier alpha value is -1.91. The molecule has 1 aliphatic carbocycles. The molecule has 5 heteroatoms. The molecule has 5 nitrogen and oxygen atoms in total. The van der Waals surface area contributed by atoms with Crippen LogP contribution >= 0.6 is 0 Å². The molecule has 2 aromatic rings. The first-order valence-corrected chi connectivity index (χ1v) is 7.92. The summed E-state index contributed by atoms with van der Waals surface area (Å²) >= 11 is 0. The van der Waals surface area contributed by atoms with Crippen molar-refractivity contribution in [2.24, 2.45) is 5.92 Å². The average molecular weight is 283 g/mol. The number of aromatic nitrogens is 4. The summed E-state index contributed by atoms with van der Waals surface area (Å²) in [4.78, 5) is 6.70. The predicted molar refractivity (Wildman–Crippen MR) is 81.3 cm³/mol. The van der Waals surface area contributed by atoms with Crippen molar-refractivity contribution >= 4 is 5.82 Å². The first-order chi connectivity index (χ1) is 10.3. The summed E-state index contributed by atoms with van der Waals surface area (Å²) in [6.07, 6.45) is 7.55. The standard InChI is InChI=1S/C16H21N5/c1-2-15-17-7-8-20(15)9-12-10-21(11-12)16-6-5-14(18-19-16)13-3-4-13/h5-8,12-13H,2-4,9-11H2,1H3. The molecule has 21 heavy (non-hydrogen) atoms. The van der Waals surface area contributed by atoms with Gasteiger partial charge in [0.2, 0.25) is 0 Å². The van der Waals surface area contributed by atoms with Gasteiger partial charge < -0.3 is 9.47 Å². The van der Waals surface area contributed by atoms with Crippen LogP contribution < -0.4 is 4.90 Å². The van der Waals surface area contributed by atoms with Crippen LogP contribution in [0.2, 0.25) is 0 Å². The molecule has 0 bridgehead atoms. The largest absolute Gasteiger partial charge is 0.354 e. The lowest BCUT2D eigenvalue weighted by Gasteiger charge is -2.40. The Kier molecular flexibility index (Phi) is 3.13. The van der Waals surface area contributed by atoms with E-state index in [0.717, 1.165) is 31.9 Å². The van der Waals surface area contributed by atoms with Gasteiger partial charge in [-0.25, -0.2) is 4.98 Å². The van der Waals surface area contributed by atoms with Crippen LogP contribution in [0.4, 0.5) is 5.82 Å². The quantitative estimate of drug-likeness (QED) is 0.844. The van der Waals surface area contributed by atoms with Crippen molar-refractivity contribution in [3.8, 4) is 0 Å². The Balaban J connectivity index is 1.34. The average Bonchev–Trinajstić information content (AvgIpc) is 3.22. The lowest BCUT2D eigenvalue weighted by Crippen LogP contribution is -2.49. The van der Waals surface area contributed by atoms with E-state index in [1.807, 2.05) is 6.20 Å². The minimum Gasteiger partial charge on any atom is -0.354 e. The van der Waals surface area contributed by atoms with Crippen LogP contribution in [0.3, 0.4) is 0 Å². The maximum Gasteiger partial charge on any atom is 0.151 e. The van der Waals surface area contributed by atoms with Gasteiger partial charge in [0, 0.05) is 50.3 Å². The molecule has 2 aliphatic rings. The Labute approximate surface area is 125 Å². The van der Waals surface area contributed by atoms with Crippen molar-refractivity contribution < 1.29 is 0 Å². The molecule has 0 radical (unpaired) electrons. The highest BCUT2D eigenvalue weighted by Gasteiger charge is 2.30. The normalized spacial score (nSPS) is 18.8. The number of anilines is 1. The van der Waals surface area contributed by atoms with Gasteiger partial charge in [-0.1, -0.05) is 6.92 Å². The maximum absolute atomic E-state index is 4.38. The summed E-state index contributed by atoms with van der Waals surface area (Å²) in [7, 11) is 0. The van der Waals surface area contributed by atoms with Crippen molar-refractivity contribution in [3.63, 3.8) is 0 Å². The molecule has 4 rings (SSSR count). The first kappa shape index (κ1) is 12.8.